The number of aromatic nitrogens is 2. The molecule has 3 aromatic rings. The highest BCUT2D eigenvalue weighted by Crippen LogP contribution is 2.25. The Balaban J connectivity index is 1.78. The standard InChI is InChI=1S/C26H28ClN5O7S/c1-26(2,3)39-25(35)29-12-13-38-20-14-17(40(4,36)37)8-9-18(20)23(33)31-19-6-5-11-28-22(19)24(34)32-21-10-7-16(27)15-30-21/h5-11,14-15H,12-13H2,1-4H3,(H,29,35)(H,31,33)(H,30,32,34). The van der Waals surface area contributed by atoms with E-state index in [4.69, 9.17) is 21.1 Å². The lowest BCUT2D eigenvalue weighted by Crippen LogP contribution is -2.34. The minimum absolute atomic E-state index is 0.0146. The minimum atomic E-state index is -3.62. The van der Waals surface area contributed by atoms with E-state index in [0.29, 0.717) is 5.02 Å². The first-order valence-electron chi connectivity index (χ1n) is 11.9. The molecule has 3 N–H and O–H groups in total. The lowest BCUT2D eigenvalue weighted by molar-refractivity contribution is 0.0519. The van der Waals surface area contributed by atoms with Gasteiger partial charge >= 0.3 is 6.09 Å². The van der Waals surface area contributed by atoms with Crippen LogP contribution in [0.5, 0.6) is 5.75 Å². The Labute approximate surface area is 236 Å². The fourth-order valence-electron chi connectivity index (χ4n) is 3.17. The summed E-state index contributed by atoms with van der Waals surface area (Å²) < 4.78 is 35.0. The highest BCUT2D eigenvalue weighted by Gasteiger charge is 2.21. The first-order chi connectivity index (χ1) is 18.7. The lowest BCUT2D eigenvalue weighted by Gasteiger charge is -2.20. The molecule has 0 aliphatic heterocycles. The van der Waals surface area contributed by atoms with E-state index in [9.17, 15) is 22.8 Å². The van der Waals surface area contributed by atoms with E-state index < -0.39 is 33.3 Å². The van der Waals surface area contributed by atoms with Crippen molar-refractivity contribution in [3.8, 4) is 5.75 Å². The summed E-state index contributed by atoms with van der Waals surface area (Å²) in [6.45, 7) is 5.08. The molecule has 12 nitrogen and oxygen atoms in total. The number of carbonyl (C=O) groups excluding carboxylic acids is 3. The lowest BCUT2D eigenvalue weighted by atomic mass is 10.1. The van der Waals surface area contributed by atoms with Crippen LogP contribution in [0.4, 0.5) is 16.3 Å². The molecule has 212 valence electrons. The van der Waals surface area contributed by atoms with Gasteiger partial charge in [-0.1, -0.05) is 11.6 Å². The summed E-state index contributed by atoms with van der Waals surface area (Å²) in [5.74, 6) is -1.15. The Kier molecular flexibility index (Phi) is 9.66. The smallest absolute Gasteiger partial charge is 0.407 e. The van der Waals surface area contributed by atoms with Crippen molar-refractivity contribution in [1.29, 1.82) is 0 Å². The summed E-state index contributed by atoms with van der Waals surface area (Å²) in [6.07, 6.45) is 3.11. The van der Waals surface area contributed by atoms with Crippen LogP contribution in [0.15, 0.2) is 59.8 Å². The predicted octanol–water partition coefficient (Wildman–Crippen LogP) is 3.94. The highest BCUT2D eigenvalue weighted by molar-refractivity contribution is 7.90. The van der Waals surface area contributed by atoms with Crippen molar-refractivity contribution >= 4 is 50.9 Å². The molecule has 1 aromatic carbocycles. The van der Waals surface area contributed by atoms with Gasteiger partial charge < -0.3 is 25.4 Å². The van der Waals surface area contributed by atoms with E-state index in [1.807, 2.05) is 0 Å². The molecule has 3 rings (SSSR count). The van der Waals surface area contributed by atoms with Gasteiger partial charge in [0, 0.05) is 18.6 Å². The number of nitrogens with zero attached hydrogens (tertiary/aromatic N) is 2. The summed E-state index contributed by atoms with van der Waals surface area (Å²) in [7, 11) is -3.62. The van der Waals surface area contributed by atoms with Crippen LogP contribution >= 0.6 is 11.6 Å². The Bertz CT molecular complexity index is 1510. The zero-order chi connectivity index (χ0) is 29.5. The van der Waals surface area contributed by atoms with Crippen LogP contribution in [0.3, 0.4) is 0 Å². The Morgan fingerprint density at radius 1 is 1.00 bits per heavy atom. The molecule has 0 bridgehead atoms. The molecular formula is C26H28ClN5O7S. The van der Waals surface area contributed by atoms with Crippen LogP contribution in [-0.4, -0.2) is 61.3 Å². The maximum Gasteiger partial charge on any atom is 0.407 e. The SMILES string of the molecule is CC(C)(C)OC(=O)NCCOc1cc(S(C)(=O)=O)ccc1C(=O)Nc1cccnc1C(=O)Nc1ccc(Cl)cn1. The van der Waals surface area contributed by atoms with Crippen LogP contribution < -0.4 is 20.7 Å². The normalized spacial score (nSPS) is 11.3. The number of alkyl carbamates (subject to hydrolysis) is 1. The molecule has 2 heterocycles. The molecule has 0 atom stereocenters. The molecule has 0 unspecified atom stereocenters. The second kappa shape index (κ2) is 12.7. The van der Waals surface area contributed by atoms with Gasteiger partial charge in [-0.3, -0.25) is 9.59 Å². The van der Waals surface area contributed by atoms with E-state index in [2.05, 4.69) is 25.9 Å². The van der Waals surface area contributed by atoms with Crippen molar-refractivity contribution in [1.82, 2.24) is 15.3 Å². The van der Waals surface area contributed by atoms with Crippen LogP contribution in [0.2, 0.25) is 5.02 Å². The summed E-state index contributed by atoms with van der Waals surface area (Å²) >= 11 is 5.83. The molecular weight excluding hydrogens is 562 g/mol. The predicted molar refractivity (Wildman–Crippen MR) is 149 cm³/mol. The fourth-order valence-corrected chi connectivity index (χ4v) is 3.92. The highest BCUT2D eigenvalue weighted by atomic mass is 35.5. The maximum absolute atomic E-state index is 13.2. The molecule has 14 heteroatoms. The molecule has 3 amide bonds. The van der Waals surface area contributed by atoms with Gasteiger partial charge in [0.15, 0.2) is 15.5 Å². The molecule has 0 radical (unpaired) electrons. The van der Waals surface area contributed by atoms with Crippen molar-refractivity contribution in [3.63, 3.8) is 0 Å². The van der Waals surface area contributed by atoms with Crippen LogP contribution in [0.1, 0.15) is 41.6 Å². The third-order valence-electron chi connectivity index (χ3n) is 4.89. The molecule has 0 saturated carbocycles. The molecule has 40 heavy (non-hydrogen) atoms. The van der Waals surface area contributed by atoms with Crippen molar-refractivity contribution in [3.05, 3.63) is 71.1 Å². The van der Waals surface area contributed by atoms with E-state index in [-0.39, 0.29) is 46.6 Å². The summed E-state index contributed by atoms with van der Waals surface area (Å²) in [5.41, 5.74) is -0.708. The number of anilines is 2. The summed E-state index contributed by atoms with van der Waals surface area (Å²) in [6, 6.07) is 9.82. The number of halogens is 1. The van der Waals surface area contributed by atoms with Gasteiger partial charge in [0.05, 0.1) is 27.7 Å². The van der Waals surface area contributed by atoms with Gasteiger partial charge in [0.2, 0.25) is 0 Å². The van der Waals surface area contributed by atoms with E-state index in [1.165, 1.54) is 48.8 Å². The van der Waals surface area contributed by atoms with Gasteiger partial charge in [-0.15, -0.1) is 0 Å². The average Bonchev–Trinajstić information content (AvgIpc) is 2.86. The van der Waals surface area contributed by atoms with Gasteiger partial charge in [-0.2, -0.15) is 0 Å². The number of benzene rings is 1. The second-order valence-electron chi connectivity index (χ2n) is 9.38. The third-order valence-corrected chi connectivity index (χ3v) is 6.23. The van der Waals surface area contributed by atoms with E-state index in [1.54, 1.807) is 26.8 Å². The summed E-state index contributed by atoms with van der Waals surface area (Å²) in [4.78, 5) is 46.0. The number of ether oxygens (including phenoxy) is 2. The van der Waals surface area contributed by atoms with Gasteiger partial charge in [0.1, 0.15) is 23.8 Å². The number of amides is 3. The Morgan fingerprint density at radius 2 is 1.75 bits per heavy atom. The van der Waals surface area contributed by atoms with Crippen LogP contribution in [0.25, 0.3) is 0 Å². The van der Waals surface area contributed by atoms with Gasteiger partial charge in [-0.05, 0) is 63.2 Å². The largest absolute Gasteiger partial charge is 0.491 e. The Morgan fingerprint density at radius 3 is 2.40 bits per heavy atom. The van der Waals surface area contributed by atoms with Crippen molar-refractivity contribution < 1.29 is 32.3 Å². The number of hydrogen-bond donors (Lipinski definition) is 3. The molecule has 0 aliphatic carbocycles. The first-order valence-corrected chi connectivity index (χ1v) is 14.1. The Hall–Kier alpha value is -4.23. The average molecular weight is 590 g/mol. The van der Waals surface area contributed by atoms with E-state index >= 15 is 0 Å². The van der Waals surface area contributed by atoms with Crippen molar-refractivity contribution in [2.75, 3.05) is 30.0 Å². The van der Waals surface area contributed by atoms with Crippen LogP contribution in [-0.2, 0) is 14.6 Å². The number of carbonyl (C=O) groups is 3. The zero-order valence-electron chi connectivity index (χ0n) is 22.1. The number of pyridine rings is 2. The zero-order valence-corrected chi connectivity index (χ0v) is 23.7. The van der Waals surface area contributed by atoms with Gasteiger partial charge in [0.25, 0.3) is 11.8 Å². The van der Waals surface area contributed by atoms with E-state index in [0.717, 1.165) is 6.26 Å². The third kappa shape index (κ3) is 8.92. The van der Waals surface area contributed by atoms with Crippen LogP contribution in [0, 0.1) is 0 Å². The van der Waals surface area contributed by atoms with Gasteiger partial charge in [-0.25, -0.2) is 23.2 Å². The molecule has 0 fully saturated rings. The molecule has 0 saturated heterocycles. The molecule has 0 spiro atoms. The second-order valence-corrected chi connectivity index (χ2v) is 11.8. The number of nitrogens with one attached hydrogen (secondary N) is 3. The minimum Gasteiger partial charge on any atom is -0.491 e. The topological polar surface area (TPSA) is 166 Å². The fraction of sp³-hybridized carbons (Fsp3) is 0.269. The summed E-state index contributed by atoms with van der Waals surface area (Å²) in [5, 5.41) is 8.09. The number of sulfone groups is 1. The maximum atomic E-state index is 13.2. The first kappa shape index (κ1) is 30.3. The number of hydrogen-bond acceptors (Lipinski definition) is 9. The van der Waals surface area contributed by atoms with Crippen molar-refractivity contribution in [2.45, 2.75) is 31.3 Å². The molecule has 0 aliphatic rings. The van der Waals surface area contributed by atoms with Crippen molar-refractivity contribution in [2.24, 2.45) is 0 Å². The quantitative estimate of drug-likeness (QED) is 0.313. The molecule has 2 aromatic heterocycles. The monoisotopic (exact) mass is 589 g/mol. The number of rotatable bonds is 9.